The predicted molar refractivity (Wildman–Crippen MR) is 85.3 cm³/mol. The number of alkyl halides is 1. The van der Waals surface area contributed by atoms with Crippen LogP contribution in [0.15, 0.2) is 28.1 Å². The second-order valence-electron chi connectivity index (χ2n) is 4.19. The number of methoxy groups -OCH3 is 1. The van der Waals surface area contributed by atoms with E-state index in [1.807, 2.05) is 0 Å². The summed E-state index contributed by atoms with van der Waals surface area (Å²) in [5.41, 5.74) is 3.61. The molecule has 18 heavy (non-hydrogen) atoms. The first-order valence-electron chi connectivity index (χ1n) is 5.57. The number of aryl methyl sites for hydroxylation is 2. The quantitative estimate of drug-likeness (QED) is 0.619. The second-order valence-corrected chi connectivity index (χ2v) is 7.60. The van der Waals surface area contributed by atoms with Gasteiger partial charge < -0.3 is 4.74 Å². The molecule has 1 aromatic carbocycles. The van der Waals surface area contributed by atoms with E-state index in [9.17, 15) is 0 Å². The van der Waals surface area contributed by atoms with E-state index in [1.165, 1.54) is 21.6 Å². The first kappa shape index (κ1) is 14.1. The van der Waals surface area contributed by atoms with Gasteiger partial charge in [-0.25, -0.2) is 0 Å². The number of benzene rings is 1. The predicted octanol–water partition coefficient (Wildman–Crippen LogP) is 5.62. The average molecular weight is 390 g/mol. The van der Waals surface area contributed by atoms with Gasteiger partial charge in [0.15, 0.2) is 0 Å². The third kappa shape index (κ3) is 2.81. The van der Waals surface area contributed by atoms with Crippen molar-refractivity contribution in [2.75, 3.05) is 7.11 Å². The molecule has 4 heteroatoms. The van der Waals surface area contributed by atoms with Crippen LogP contribution in [0, 0.1) is 13.8 Å². The minimum atomic E-state index is 0.233. The fraction of sp³-hybridized carbons (Fsp3) is 0.286. The van der Waals surface area contributed by atoms with E-state index in [-0.39, 0.29) is 4.83 Å². The third-order valence-corrected chi connectivity index (χ3v) is 5.84. The summed E-state index contributed by atoms with van der Waals surface area (Å²) >= 11 is 9.02. The molecule has 0 radical (unpaired) electrons. The van der Waals surface area contributed by atoms with Crippen LogP contribution in [0.4, 0.5) is 0 Å². The van der Waals surface area contributed by atoms with Gasteiger partial charge in [0.2, 0.25) is 0 Å². The van der Waals surface area contributed by atoms with Crippen molar-refractivity contribution in [3.05, 3.63) is 49.6 Å². The summed E-state index contributed by atoms with van der Waals surface area (Å²) < 4.78 is 6.56. The summed E-state index contributed by atoms with van der Waals surface area (Å²) in [6.07, 6.45) is 0. The van der Waals surface area contributed by atoms with Gasteiger partial charge in [0.25, 0.3) is 0 Å². The summed E-state index contributed by atoms with van der Waals surface area (Å²) in [7, 11) is 1.72. The smallest absolute Gasteiger partial charge is 0.124 e. The van der Waals surface area contributed by atoms with E-state index in [4.69, 9.17) is 4.74 Å². The highest BCUT2D eigenvalue weighted by atomic mass is 79.9. The van der Waals surface area contributed by atoms with Crippen LogP contribution >= 0.6 is 43.2 Å². The fourth-order valence-corrected chi connectivity index (χ4v) is 4.21. The minimum absolute atomic E-state index is 0.233. The van der Waals surface area contributed by atoms with Gasteiger partial charge in [0, 0.05) is 4.88 Å². The molecule has 2 aromatic rings. The van der Waals surface area contributed by atoms with E-state index in [0.29, 0.717) is 0 Å². The molecule has 0 spiro atoms. The van der Waals surface area contributed by atoms with Crippen molar-refractivity contribution >= 4 is 43.2 Å². The molecule has 0 fully saturated rings. The van der Waals surface area contributed by atoms with E-state index >= 15 is 0 Å². The molecular formula is C14H14Br2OS. The zero-order valence-electron chi connectivity index (χ0n) is 10.5. The molecule has 1 unspecified atom stereocenters. The lowest BCUT2D eigenvalue weighted by Crippen LogP contribution is -1.96. The van der Waals surface area contributed by atoms with Crippen molar-refractivity contribution in [1.82, 2.24) is 0 Å². The second kappa shape index (κ2) is 5.76. The standard InChI is InChI=1S/C14H14Br2OS/c1-8-6-10(7-9(2)14(8)17-3)13(16)11-4-5-12(15)18-11/h4-7,13H,1-3H3. The van der Waals surface area contributed by atoms with Crippen LogP contribution in [-0.2, 0) is 0 Å². The van der Waals surface area contributed by atoms with Crippen LogP contribution in [0.1, 0.15) is 26.4 Å². The zero-order valence-corrected chi connectivity index (χ0v) is 14.4. The van der Waals surface area contributed by atoms with Crippen molar-refractivity contribution in [2.45, 2.75) is 18.7 Å². The number of thiophene rings is 1. The molecule has 0 aliphatic carbocycles. The van der Waals surface area contributed by atoms with Crippen LogP contribution in [0.25, 0.3) is 0 Å². The molecule has 0 aliphatic rings. The van der Waals surface area contributed by atoms with Crippen molar-refractivity contribution in [2.24, 2.45) is 0 Å². The maximum Gasteiger partial charge on any atom is 0.124 e. The Kier molecular flexibility index (Phi) is 4.51. The molecular weight excluding hydrogens is 376 g/mol. The summed E-state index contributed by atoms with van der Waals surface area (Å²) in [5, 5.41) is 0. The average Bonchev–Trinajstić information content (AvgIpc) is 2.74. The Bertz CT molecular complexity index is 540. The van der Waals surface area contributed by atoms with Crippen molar-refractivity contribution in [3.8, 4) is 5.75 Å². The maximum atomic E-state index is 5.40. The SMILES string of the molecule is COc1c(C)cc(C(Br)c2ccc(Br)s2)cc1C. The highest BCUT2D eigenvalue weighted by Gasteiger charge is 2.15. The Balaban J connectivity index is 2.40. The van der Waals surface area contributed by atoms with E-state index in [0.717, 1.165) is 9.54 Å². The van der Waals surface area contributed by atoms with Gasteiger partial charge in [-0.3, -0.25) is 0 Å². The molecule has 1 atom stereocenters. The van der Waals surface area contributed by atoms with Crippen LogP contribution in [0.5, 0.6) is 5.75 Å². The van der Waals surface area contributed by atoms with E-state index < -0.39 is 0 Å². The molecule has 1 nitrogen and oxygen atoms in total. The molecule has 0 amide bonds. The third-order valence-electron chi connectivity index (χ3n) is 2.82. The molecule has 1 heterocycles. The summed E-state index contributed by atoms with van der Waals surface area (Å²) in [6, 6.07) is 8.58. The highest BCUT2D eigenvalue weighted by Crippen LogP contribution is 2.39. The normalized spacial score (nSPS) is 12.5. The van der Waals surface area contributed by atoms with Crippen LogP contribution in [-0.4, -0.2) is 7.11 Å². The Hall–Kier alpha value is -0.320. The number of rotatable bonds is 3. The summed E-state index contributed by atoms with van der Waals surface area (Å²) in [6.45, 7) is 4.17. The molecule has 2 rings (SSSR count). The first-order chi connectivity index (χ1) is 8.52. The topological polar surface area (TPSA) is 9.23 Å². The maximum absolute atomic E-state index is 5.40. The number of hydrogen-bond donors (Lipinski definition) is 0. The monoisotopic (exact) mass is 388 g/mol. The van der Waals surface area contributed by atoms with Gasteiger partial charge >= 0.3 is 0 Å². The van der Waals surface area contributed by atoms with Crippen molar-refractivity contribution < 1.29 is 4.74 Å². The Morgan fingerprint density at radius 1 is 1.17 bits per heavy atom. The van der Waals surface area contributed by atoms with Gasteiger partial charge in [-0.1, -0.05) is 28.1 Å². The Morgan fingerprint density at radius 2 is 1.78 bits per heavy atom. The number of halogens is 2. The largest absolute Gasteiger partial charge is 0.496 e. The molecule has 0 aliphatic heterocycles. The van der Waals surface area contributed by atoms with Crippen LogP contribution < -0.4 is 4.74 Å². The molecule has 0 saturated carbocycles. The number of hydrogen-bond acceptors (Lipinski definition) is 2. The Morgan fingerprint density at radius 3 is 2.22 bits per heavy atom. The highest BCUT2D eigenvalue weighted by molar-refractivity contribution is 9.11. The van der Waals surface area contributed by atoms with Gasteiger partial charge in [-0.2, -0.15) is 0 Å². The lowest BCUT2D eigenvalue weighted by atomic mass is 10.0. The van der Waals surface area contributed by atoms with Crippen molar-refractivity contribution in [3.63, 3.8) is 0 Å². The lowest BCUT2D eigenvalue weighted by molar-refractivity contribution is 0.408. The van der Waals surface area contributed by atoms with Crippen molar-refractivity contribution in [1.29, 1.82) is 0 Å². The minimum Gasteiger partial charge on any atom is -0.496 e. The van der Waals surface area contributed by atoms with Gasteiger partial charge in [-0.05, 0) is 58.6 Å². The number of ether oxygens (including phenoxy) is 1. The van der Waals surface area contributed by atoms with Gasteiger partial charge in [-0.15, -0.1) is 11.3 Å². The van der Waals surface area contributed by atoms with E-state index in [1.54, 1.807) is 18.4 Å². The van der Waals surface area contributed by atoms with Crippen LogP contribution in [0.2, 0.25) is 0 Å². The molecule has 0 bridgehead atoms. The summed E-state index contributed by atoms with van der Waals surface area (Å²) in [4.78, 5) is 1.53. The van der Waals surface area contributed by atoms with E-state index in [2.05, 4.69) is 70.0 Å². The Labute approximate surface area is 128 Å². The fourth-order valence-electron chi connectivity index (χ4n) is 2.08. The molecule has 1 aromatic heterocycles. The lowest BCUT2D eigenvalue weighted by Gasteiger charge is -2.14. The zero-order chi connectivity index (χ0) is 13.3. The molecule has 0 N–H and O–H groups in total. The first-order valence-corrected chi connectivity index (χ1v) is 8.10. The van der Waals surface area contributed by atoms with Gasteiger partial charge in [0.1, 0.15) is 5.75 Å². The van der Waals surface area contributed by atoms with Crippen LogP contribution in [0.3, 0.4) is 0 Å². The molecule has 96 valence electrons. The summed E-state index contributed by atoms with van der Waals surface area (Å²) in [5.74, 6) is 0.978. The molecule has 0 saturated heterocycles. The van der Waals surface area contributed by atoms with Gasteiger partial charge in [0.05, 0.1) is 15.7 Å².